The van der Waals surface area contributed by atoms with Crippen LogP contribution in [-0.2, 0) is 0 Å². The molecular formula is C22H14Cl3N3O2S2. The minimum absolute atomic E-state index is 0.228. The molecule has 0 bridgehead atoms. The van der Waals surface area contributed by atoms with Crippen molar-refractivity contribution in [3.05, 3.63) is 84.3 Å². The molecule has 4 aromatic rings. The summed E-state index contributed by atoms with van der Waals surface area (Å²) in [5.41, 5.74) is 4.57. The Morgan fingerprint density at radius 1 is 0.906 bits per heavy atom. The molecule has 0 aliphatic rings. The first-order valence-corrected chi connectivity index (χ1v) is 12.0. The van der Waals surface area contributed by atoms with Crippen molar-refractivity contribution in [3.8, 4) is 0 Å². The molecule has 10 heteroatoms. The largest absolute Gasteiger partial charge is 0.321 e. The topological polar surface area (TPSA) is 70.6 Å². The normalized spacial score (nSPS) is 11.6. The third-order valence-corrected chi connectivity index (χ3v) is 7.60. The van der Waals surface area contributed by atoms with E-state index in [1.54, 1.807) is 61.5 Å². The highest BCUT2D eigenvalue weighted by atomic mass is 35.5. The fourth-order valence-corrected chi connectivity index (χ4v) is 5.48. The van der Waals surface area contributed by atoms with Gasteiger partial charge in [0.25, 0.3) is 11.8 Å². The number of nitrogens with one attached hydrogen (secondary N) is 2. The zero-order valence-electron chi connectivity index (χ0n) is 16.4. The van der Waals surface area contributed by atoms with Crippen LogP contribution in [0.3, 0.4) is 0 Å². The minimum Gasteiger partial charge on any atom is -0.321 e. The predicted octanol–water partition coefficient (Wildman–Crippen LogP) is 7.33. The van der Waals surface area contributed by atoms with Gasteiger partial charge in [-0.2, -0.15) is 5.10 Å². The molecule has 0 spiro atoms. The van der Waals surface area contributed by atoms with E-state index in [0.29, 0.717) is 35.5 Å². The number of amides is 2. The van der Waals surface area contributed by atoms with Crippen molar-refractivity contribution in [2.45, 2.75) is 6.92 Å². The summed E-state index contributed by atoms with van der Waals surface area (Å²) < 4.78 is 1.39. The number of carbonyl (C=O) groups is 2. The van der Waals surface area contributed by atoms with E-state index in [1.807, 2.05) is 0 Å². The van der Waals surface area contributed by atoms with Crippen molar-refractivity contribution < 1.29 is 9.59 Å². The van der Waals surface area contributed by atoms with Crippen LogP contribution in [0.25, 0.3) is 10.1 Å². The first kappa shape index (κ1) is 22.8. The monoisotopic (exact) mass is 521 g/mol. The lowest BCUT2D eigenvalue weighted by molar-refractivity contribution is 0.0958. The predicted molar refractivity (Wildman–Crippen MR) is 135 cm³/mol. The first-order chi connectivity index (χ1) is 15.3. The fraction of sp³-hybridized carbons (Fsp3) is 0.0455. The second-order valence-electron chi connectivity index (χ2n) is 6.66. The number of carbonyl (C=O) groups excluding carboxylic acids is 2. The highest BCUT2D eigenvalue weighted by molar-refractivity contribution is 7.21. The number of hydrogen-bond donors (Lipinski definition) is 2. The van der Waals surface area contributed by atoms with Crippen LogP contribution in [0.5, 0.6) is 0 Å². The molecule has 2 N–H and O–H groups in total. The van der Waals surface area contributed by atoms with Crippen molar-refractivity contribution in [1.29, 1.82) is 0 Å². The number of nitrogens with zero attached hydrogens (tertiary/aromatic N) is 1. The third kappa shape index (κ3) is 4.98. The number of fused-ring (bicyclic) bond motifs is 1. The smallest absolute Gasteiger partial charge is 0.283 e. The number of halogens is 3. The van der Waals surface area contributed by atoms with E-state index in [9.17, 15) is 9.59 Å². The Labute approximate surface area is 206 Å². The summed E-state index contributed by atoms with van der Waals surface area (Å²) in [6, 6.07) is 15.8. The second kappa shape index (κ2) is 9.60. The molecule has 0 atom stereocenters. The van der Waals surface area contributed by atoms with E-state index in [4.69, 9.17) is 34.8 Å². The molecule has 0 radical (unpaired) electrons. The molecule has 0 saturated carbocycles. The van der Waals surface area contributed by atoms with E-state index in [1.165, 1.54) is 22.7 Å². The fourth-order valence-electron chi connectivity index (χ4n) is 2.86. The van der Waals surface area contributed by atoms with Crippen LogP contribution >= 0.6 is 57.5 Å². The highest BCUT2D eigenvalue weighted by Crippen LogP contribution is 2.36. The standard InChI is InChI=1S/C22H14Cl3N3O2S2/c1-11(12-2-5-14(6-3-12)26-21(29)16-8-9-18(24)31-16)27-28-22(30)20-19(25)15-7-4-13(23)10-17(15)32-20/h2-10H,1H3,(H,26,29)(H,28,30)/b27-11-. The molecule has 0 fully saturated rings. The van der Waals surface area contributed by atoms with Gasteiger partial charge in [-0.25, -0.2) is 5.43 Å². The average molecular weight is 523 g/mol. The number of hydrazone groups is 1. The third-order valence-electron chi connectivity index (χ3n) is 4.48. The first-order valence-electron chi connectivity index (χ1n) is 9.21. The second-order valence-corrected chi connectivity index (χ2v) is 10.2. The van der Waals surface area contributed by atoms with Crippen LogP contribution in [-0.4, -0.2) is 17.5 Å². The van der Waals surface area contributed by atoms with Crippen LogP contribution in [0.2, 0.25) is 14.4 Å². The molecule has 2 aromatic carbocycles. The van der Waals surface area contributed by atoms with E-state index in [0.717, 1.165) is 15.6 Å². The highest BCUT2D eigenvalue weighted by Gasteiger charge is 2.17. The van der Waals surface area contributed by atoms with Crippen LogP contribution in [0.15, 0.2) is 59.7 Å². The molecule has 0 aliphatic heterocycles. The van der Waals surface area contributed by atoms with E-state index < -0.39 is 5.91 Å². The SMILES string of the molecule is C/C(=N/NC(=O)c1sc2cc(Cl)ccc2c1Cl)c1ccc(NC(=O)c2ccc(Cl)s2)cc1. The van der Waals surface area contributed by atoms with Gasteiger partial charge in [0.05, 0.1) is 19.9 Å². The van der Waals surface area contributed by atoms with Crippen LogP contribution in [0.1, 0.15) is 31.8 Å². The van der Waals surface area contributed by atoms with Crippen molar-refractivity contribution in [2.24, 2.45) is 5.10 Å². The summed E-state index contributed by atoms with van der Waals surface area (Å²) in [6.07, 6.45) is 0. The molecule has 4 rings (SSSR count). The van der Waals surface area contributed by atoms with Gasteiger partial charge in [0.1, 0.15) is 4.88 Å². The Morgan fingerprint density at radius 2 is 1.66 bits per heavy atom. The van der Waals surface area contributed by atoms with Crippen LogP contribution in [0.4, 0.5) is 5.69 Å². The van der Waals surface area contributed by atoms with E-state index in [-0.39, 0.29) is 5.91 Å². The van der Waals surface area contributed by atoms with Gasteiger partial charge in [-0.1, -0.05) is 53.0 Å². The van der Waals surface area contributed by atoms with Gasteiger partial charge in [0.15, 0.2) is 0 Å². The Balaban J connectivity index is 1.43. The summed E-state index contributed by atoms with van der Waals surface area (Å²) >= 11 is 20.7. The lowest BCUT2D eigenvalue weighted by atomic mass is 10.1. The Bertz CT molecular complexity index is 1360. The van der Waals surface area contributed by atoms with Crippen LogP contribution in [0, 0.1) is 0 Å². The van der Waals surface area contributed by atoms with Gasteiger partial charge in [0.2, 0.25) is 0 Å². The maximum Gasteiger partial charge on any atom is 0.283 e. The molecule has 32 heavy (non-hydrogen) atoms. The van der Waals surface area contributed by atoms with Crippen molar-refractivity contribution >= 4 is 90.8 Å². The molecule has 2 aromatic heterocycles. The summed E-state index contributed by atoms with van der Waals surface area (Å²) in [5, 5.41) is 8.72. The molecule has 2 heterocycles. The summed E-state index contributed by atoms with van der Waals surface area (Å²) in [7, 11) is 0. The van der Waals surface area contributed by atoms with Crippen molar-refractivity contribution in [3.63, 3.8) is 0 Å². The van der Waals surface area contributed by atoms with Gasteiger partial charge >= 0.3 is 0 Å². The van der Waals surface area contributed by atoms with E-state index in [2.05, 4.69) is 15.8 Å². The van der Waals surface area contributed by atoms with Gasteiger partial charge in [-0.05, 0) is 48.9 Å². The maximum absolute atomic E-state index is 12.6. The van der Waals surface area contributed by atoms with E-state index >= 15 is 0 Å². The Kier molecular flexibility index (Phi) is 6.83. The summed E-state index contributed by atoms with van der Waals surface area (Å²) in [4.78, 5) is 25.7. The zero-order chi connectivity index (χ0) is 22.8. The maximum atomic E-state index is 12.6. The molecule has 0 saturated heterocycles. The average Bonchev–Trinajstić information content (AvgIpc) is 3.35. The summed E-state index contributed by atoms with van der Waals surface area (Å²) in [6.45, 7) is 1.77. The minimum atomic E-state index is -0.398. The van der Waals surface area contributed by atoms with Gasteiger partial charge in [-0.3, -0.25) is 9.59 Å². The molecule has 0 unspecified atom stereocenters. The lowest BCUT2D eigenvalue weighted by Gasteiger charge is -2.06. The Morgan fingerprint density at radius 3 is 2.34 bits per heavy atom. The van der Waals surface area contributed by atoms with Crippen LogP contribution < -0.4 is 10.7 Å². The zero-order valence-corrected chi connectivity index (χ0v) is 20.3. The molecule has 2 amide bonds. The number of rotatable bonds is 5. The lowest BCUT2D eigenvalue weighted by Crippen LogP contribution is -2.18. The Hall–Kier alpha value is -2.42. The molecule has 162 valence electrons. The molecule has 5 nitrogen and oxygen atoms in total. The number of thiophene rings is 2. The van der Waals surface area contributed by atoms with Gasteiger partial charge < -0.3 is 5.32 Å². The van der Waals surface area contributed by atoms with Gasteiger partial charge in [-0.15, -0.1) is 22.7 Å². The summed E-state index contributed by atoms with van der Waals surface area (Å²) in [5.74, 6) is -0.626. The number of anilines is 1. The molecular weight excluding hydrogens is 509 g/mol. The van der Waals surface area contributed by atoms with Crippen molar-refractivity contribution in [2.75, 3.05) is 5.32 Å². The quantitative estimate of drug-likeness (QED) is 0.213. The number of hydrogen-bond acceptors (Lipinski definition) is 5. The molecule has 0 aliphatic carbocycles. The van der Waals surface area contributed by atoms with Gasteiger partial charge in [0, 0.05) is 20.8 Å². The van der Waals surface area contributed by atoms with Crippen molar-refractivity contribution in [1.82, 2.24) is 5.43 Å². The number of benzene rings is 2.